The number of carbonyl (C=O) groups is 1. The third kappa shape index (κ3) is 4.20. The number of halogens is 1. The van der Waals surface area contributed by atoms with Crippen LogP contribution < -0.4 is 4.72 Å². The minimum Gasteiger partial charge on any atom is -0.464 e. The van der Waals surface area contributed by atoms with E-state index in [2.05, 4.69) is 30.5 Å². The monoisotopic (exact) mass is 449 g/mol. The van der Waals surface area contributed by atoms with E-state index in [0.717, 1.165) is 15.6 Å². The van der Waals surface area contributed by atoms with Crippen molar-refractivity contribution < 1.29 is 17.9 Å². The first-order valence-electron chi connectivity index (χ1n) is 7.81. The van der Waals surface area contributed by atoms with Crippen LogP contribution in [-0.4, -0.2) is 31.3 Å². The molecule has 0 amide bonds. The van der Waals surface area contributed by atoms with Gasteiger partial charge in [0.05, 0.1) is 12.0 Å². The van der Waals surface area contributed by atoms with Crippen LogP contribution in [0.3, 0.4) is 0 Å². The molecule has 3 aromatic rings. The van der Waals surface area contributed by atoms with Gasteiger partial charge in [-0.05, 0) is 35.4 Å². The molecule has 0 fully saturated rings. The Morgan fingerprint density at radius 1 is 1.07 bits per heavy atom. The fourth-order valence-corrected chi connectivity index (χ4v) is 3.73. The average Bonchev–Trinajstić information content (AvgIpc) is 3.01. The van der Waals surface area contributed by atoms with E-state index in [1.807, 2.05) is 24.3 Å². The van der Waals surface area contributed by atoms with Crippen molar-refractivity contribution in [3.05, 3.63) is 64.8 Å². The van der Waals surface area contributed by atoms with Crippen LogP contribution in [-0.2, 0) is 21.8 Å². The number of hydrogen-bond acceptors (Lipinski definition) is 5. The highest BCUT2D eigenvalue weighted by Gasteiger charge is 2.19. The highest BCUT2D eigenvalue weighted by molar-refractivity contribution is 9.10. The van der Waals surface area contributed by atoms with E-state index in [9.17, 15) is 13.2 Å². The summed E-state index contributed by atoms with van der Waals surface area (Å²) in [6.45, 7) is 0. The summed E-state index contributed by atoms with van der Waals surface area (Å²) in [5.41, 5.74) is 2.01. The first-order chi connectivity index (χ1) is 12.8. The lowest BCUT2D eigenvalue weighted by Gasteiger charge is -2.07. The SMILES string of the molecule is COC(=O)c1cc(NS(=O)(=O)c2ccc(-c3ccc(Br)cc3)cc2)nn1C. The number of rotatable bonds is 5. The van der Waals surface area contributed by atoms with Crippen molar-refractivity contribution in [3.63, 3.8) is 0 Å². The number of anilines is 1. The highest BCUT2D eigenvalue weighted by Crippen LogP contribution is 2.24. The zero-order chi connectivity index (χ0) is 19.6. The van der Waals surface area contributed by atoms with Gasteiger partial charge < -0.3 is 4.74 Å². The van der Waals surface area contributed by atoms with Crippen LogP contribution in [0.1, 0.15) is 10.5 Å². The van der Waals surface area contributed by atoms with Gasteiger partial charge in [-0.2, -0.15) is 5.10 Å². The highest BCUT2D eigenvalue weighted by atomic mass is 79.9. The molecule has 0 radical (unpaired) electrons. The Morgan fingerprint density at radius 2 is 1.63 bits per heavy atom. The van der Waals surface area contributed by atoms with Crippen molar-refractivity contribution in [1.82, 2.24) is 9.78 Å². The normalized spacial score (nSPS) is 11.2. The van der Waals surface area contributed by atoms with Crippen molar-refractivity contribution in [2.75, 3.05) is 11.8 Å². The Balaban J connectivity index is 1.83. The Bertz CT molecular complexity index is 1070. The molecule has 0 aliphatic heterocycles. The molecule has 2 aromatic carbocycles. The number of nitrogens with one attached hydrogen (secondary N) is 1. The lowest BCUT2D eigenvalue weighted by atomic mass is 10.1. The predicted octanol–water partition coefficient (Wildman–Crippen LogP) is 3.44. The fourth-order valence-electron chi connectivity index (χ4n) is 2.48. The number of aryl methyl sites for hydroxylation is 1. The molecule has 7 nitrogen and oxygen atoms in total. The molecule has 0 saturated carbocycles. The molecule has 0 atom stereocenters. The maximum absolute atomic E-state index is 12.6. The van der Waals surface area contributed by atoms with Crippen LogP contribution >= 0.6 is 15.9 Å². The Kier molecular flexibility index (Phi) is 5.33. The predicted molar refractivity (Wildman–Crippen MR) is 105 cm³/mol. The Labute approximate surface area is 165 Å². The fraction of sp³-hybridized carbons (Fsp3) is 0.111. The quantitative estimate of drug-likeness (QED) is 0.602. The molecule has 3 rings (SSSR count). The van der Waals surface area contributed by atoms with Crippen LogP contribution in [0.4, 0.5) is 5.82 Å². The van der Waals surface area contributed by atoms with Gasteiger partial charge in [-0.1, -0.05) is 40.2 Å². The molecule has 0 spiro atoms. The van der Waals surface area contributed by atoms with Crippen LogP contribution in [0.15, 0.2) is 64.0 Å². The van der Waals surface area contributed by atoms with Crippen LogP contribution in [0, 0.1) is 0 Å². The molecule has 1 heterocycles. The van der Waals surface area contributed by atoms with Crippen molar-refractivity contribution in [1.29, 1.82) is 0 Å². The lowest BCUT2D eigenvalue weighted by Crippen LogP contribution is -2.13. The molecular weight excluding hydrogens is 434 g/mol. The maximum Gasteiger partial charge on any atom is 0.356 e. The van der Waals surface area contributed by atoms with Crippen LogP contribution in [0.2, 0.25) is 0 Å². The third-order valence-electron chi connectivity index (χ3n) is 3.86. The molecule has 1 N–H and O–H groups in total. The van der Waals surface area contributed by atoms with Gasteiger partial charge in [0.15, 0.2) is 5.82 Å². The molecule has 0 unspecified atom stereocenters. The number of methoxy groups -OCH3 is 1. The second kappa shape index (κ2) is 7.53. The van der Waals surface area contributed by atoms with Gasteiger partial charge in [0.25, 0.3) is 10.0 Å². The summed E-state index contributed by atoms with van der Waals surface area (Å²) in [6.07, 6.45) is 0. The zero-order valence-corrected chi connectivity index (χ0v) is 16.9. The van der Waals surface area contributed by atoms with E-state index >= 15 is 0 Å². The van der Waals surface area contributed by atoms with Crippen molar-refractivity contribution in [3.8, 4) is 11.1 Å². The summed E-state index contributed by atoms with van der Waals surface area (Å²) < 4.78 is 34.4. The van der Waals surface area contributed by atoms with E-state index in [1.54, 1.807) is 12.1 Å². The topological polar surface area (TPSA) is 90.3 Å². The molecular formula is C18H16BrN3O4S. The van der Waals surface area contributed by atoms with Crippen molar-refractivity contribution >= 4 is 37.7 Å². The number of hydrogen-bond donors (Lipinski definition) is 1. The molecule has 27 heavy (non-hydrogen) atoms. The summed E-state index contributed by atoms with van der Waals surface area (Å²) in [6, 6.07) is 15.5. The third-order valence-corrected chi connectivity index (χ3v) is 5.75. The van der Waals surface area contributed by atoms with E-state index in [1.165, 1.54) is 37.0 Å². The number of benzene rings is 2. The molecule has 0 saturated heterocycles. The van der Waals surface area contributed by atoms with Gasteiger partial charge in [-0.3, -0.25) is 9.40 Å². The van der Waals surface area contributed by atoms with Crippen molar-refractivity contribution in [2.24, 2.45) is 7.05 Å². The summed E-state index contributed by atoms with van der Waals surface area (Å²) in [4.78, 5) is 11.7. The maximum atomic E-state index is 12.6. The zero-order valence-electron chi connectivity index (χ0n) is 14.5. The Morgan fingerprint density at radius 3 is 2.19 bits per heavy atom. The van der Waals surface area contributed by atoms with E-state index in [-0.39, 0.29) is 16.4 Å². The summed E-state index contributed by atoms with van der Waals surface area (Å²) in [5.74, 6) is -0.566. The van der Waals surface area contributed by atoms with Gasteiger partial charge >= 0.3 is 5.97 Å². The van der Waals surface area contributed by atoms with Gasteiger partial charge in [-0.15, -0.1) is 0 Å². The van der Waals surface area contributed by atoms with E-state index < -0.39 is 16.0 Å². The van der Waals surface area contributed by atoms with Gasteiger partial charge in [0.2, 0.25) is 0 Å². The van der Waals surface area contributed by atoms with Crippen molar-refractivity contribution in [2.45, 2.75) is 4.90 Å². The summed E-state index contributed by atoms with van der Waals surface area (Å²) >= 11 is 3.38. The molecule has 0 aliphatic carbocycles. The molecule has 0 aliphatic rings. The standard InChI is InChI=1S/C18H16BrN3O4S/c1-22-16(18(23)26-2)11-17(20-22)21-27(24,25)15-9-5-13(6-10-15)12-3-7-14(19)8-4-12/h3-11H,1-2H3,(H,20,21). The van der Waals surface area contributed by atoms with Crippen LogP contribution in [0.25, 0.3) is 11.1 Å². The number of aromatic nitrogens is 2. The first kappa shape index (κ1) is 19.1. The summed E-state index contributed by atoms with van der Waals surface area (Å²) in [7, 11) is -1.07. The number of esters is 1. The van der Waals surface area contributed by atoms with E-state index in [4.69, 9.17) is 0 Å². The minimum absolute atomic E-state index is 0.0369. The second-order valence-corrected chi connectivity index (χ2v) is 8.26. The second-order valence-electron chi connectivity index (χ2n) is 5.67. The average molecular weight is 450 g/mol. The van der Waals surface area contributed by atoms with Gasteiger partial charge in [-0.25, -0.2) is 13.2 Å². The molecule has 0 bridgehead atoms. The molecule has 9 heteroatoms. The summed E-state index contributed by atoms with van der Waals surface area (Å²) in [5, 5.41) is 3.98. The molecule has 140 valence electrons. The first-order valence-corrected chi connectivity index (χ1v) is 10.1. The van der Waals surface area contributed by atoms with E-state index in [0.29, 0.717) is 0 Å². The smallest absolute Gasteiger partial charge is 0.356 e. The van der Waals surface area contributed by atoms with Crippen LogP contribution in [0.5, 0.6) is 0 Å². The number of nitrogens with zero attached hydrogens (tertiary/aromatic N) is 2. The van der Waals surface area contributed by atoms with Gasteiger partial charge in [0, 0.05) is 17.6 Å². The number of sulfonamides is 1. The van der Waals surface area contributed by atoms with Gasteiger partial charge in [0.1, 0.15) is 5.69 Å². The molecule has 1 aromatic heterocycles. The number of ether oxygens (including phenoxy) is 1. The number of carbonyl (C=O) groups excluding carboxylic acids is 1. The largest absolute Gasteiger partial charge is 0.464 e. The minimum atomic E-state index is -3.84. The Hall–Kier alpha value is -2.65. The lowest BCUT2D eigenvalue weighted by molar-refractivity contribution is 0.0588.